The minimum absolute atomic E-state index is 0.277. The molecule has 1 aliphatic heterocycles. The van der Waals surface area contributed by atoms with E-state index in [4.69, 9.17) is 0 Å². The fraction of sp³-hybridized carbons (Fsp3) is 0.889. The van der Waals surface area contributed by atoms with Gasteiger partial charge in [0.2, 0.25) is 0 Å². The van der Waals surface area contributed by atoms with Crippen molar-refractivity contribution >= 4 is 22.3 Å². The van der Waals surface area contributed by atoms with Gasteiger partial charge < -0.3 is 4.90 Å². The molecule has 0 fully saturated rings. The summed E-state index contributed by atoms with van der Waals surface area (Å²) in [6, 6.07) is 0. The van der Waals surface area contributed by atoms with E-state index in [2.05, 4.69) is 44.8 Å². The molecular weight excluding hydrogens is 230 g/mol. The number of alkyl halides is 1. The molecular formula is C9H18BrN3. The molecule has 0 aromatic heterocycles. The second-order valence-electron chi connectivity index (χ2n) is 3.30. The number of hydrogen-bond donors (Lipinski definition) is 0. The maximum Gasteiger partial charge on any atom is 0.175 e. The Morgan fingerprint density at radius 3 is 2.69 bits per heavy atom. The number of unbranched alkanes of at least 4 members (excludes halogenated alkanes) is 1. The van der Waals surface area contributed by atoms with Gasteiger partial charge in [-0.05, 0) is 28.8 Å². The van der Waals surface area contributed by atoms with Gasteiger partial charge in [0.1, 0.15) is 6.34 Å². The van der Waals surface area contributed by atoms with E-state index >= 15 is 0 Å². The summed E-state index contributed by atoms with van der Waals surface area (Å²) in [5, 5.41) is 6.71. The number of nitrogens with zero attached hydrogens (tertiary/aromatic N) is 3. The molecule has 0 aromatic carbocycles. The summed E-state index contributed by atoms with van der Waals surface area (Å²) >= 11 is 3.63. The highest BCUT2D eigenvalue weighted by molar-refractivity contribution is 9.09. The Kier molecular flexibility index (Phi) is 4.56. The molecule has 13 heavy (non-hydrogen) atoms. The molecule has 1 aliphatic rings. The highest BCUT2D eigenvalue weighted by Gasteiger charge is 2.23. The van der Waals surface area contributed by atoms with Crippen LogP contribution < -0.4 is 0 Å². The van der Waals surface area contributed by atoms with Crippen molar-refractivity contribution in [2.75, 3.05) is 13.1 Å². The maximum absolute atomic E-state index is 4.34. The average Bonchev–Trinajstić information content (AvgIpc) is 2.46. The van der Waals surface area contributed by atoms with Crippen molar-refractivity contribution in [1.29, 1.82) is 0 Å². The molecule has 4 heteroatoms. The van der Waals surface area contributed by atoms with E-state index in [9.17, 15) is 0 Å². The number of hydrazone groups is 1. The summed E-state index contributed by atoms with van der Waals surface area (Å²) in [7, 11) is 0. The number of hydrogen-bond acceptors (Lipinski definition) is 3. The lowest BCUT2D eigenvalue weighted by molar-refractivity contribution is 0.208. The maximum atomic E-state index is 4.34. The van der Waals surface area contributed by atoms with Crippen LogP contribution in [0.4, 0.5) is 0 Å². The normalized spacial score (nSPS) is 21.6. The zero-order chi connectivity index (χ0) is 9.68. The Bertz CT molecular complexity index is 172. The fourth-order valence-electron chi connectivity index (χ4n) is 1.32. The summed E-state index contributed by atoms with van der Waals surface area (Å²) in [5.74, 6) is 0. The minimum atomic E-state index is 0.277. The second kappa shape index (κ2) is 5.47. The van der Waals surface area contributed by atoms with Gasteiger partial charge in [-0.25, -0.2) is 0 Å². The molecule has 0 aromatic rings. The standard InChI is InChI=1S/C9H18BrN3/c1-3-5-7-13-9(10)12(6-4-2)8-11-13/h8-9H,3-7H2,1-2H3. The molecule has 1 heterocycles. The van der Waals surface area contributed by atoms with Gasteiger partial charge in [0, 0.05) is 13.1 Å². The van der Waals surface area contributed by atoms with Gasteiger partial charge in [-0.1, -0.05) is 20.3 Å². The van der Waals surface area contributed by atoms with E-state index in [0.29, 0.717) is 0 Å². The van der Waals surface area contributed by atoms with Crippen molar-refractivity contribution in [3.8, 4) is 0 Å². The van der Waals surface area contributed by atoms with Crippen LogP contribution >= 0.6 is 15.9 Å². The summed E-state index contributed by atoms with van der Waals surface area (Å²) in [6.45, 7) is 6.50. The monoisotopic (exact) mass is 247 g/mol. The highest BCUT2D eigenvalue weighted by atomic mass is 79.9. The molecule has 1 unspecified atom stereocenters. The van der Waals surface area contributed by atoms with Gasteiger partial charge in [0.25, 0.3) is 0 Å². The third-order valence-electron chi connectivity index (χ3n) is 2.09. The van der Waals surface area contributed by atoms with Crippen molar-refractivity contribution < 1.29 is 0 Å². The Hall–Kier alpha value is -0.250. The van der Waals surface area contributed by atoms with E-state index < -0.39 is 0 Å². The fourth-order valence-corrected chi connectivity index (χ4v) is 1.94. The largest absolute Gasteiger partial charge is 0.331 e. The van der Waals surface area contributed by atoms with Gasteiger partial charge in [-0.15, -0.1) is 0 Å². The summed E-state index contributed by atoms with van der Waals surface area (Å²) in [4.78, 5) is 2.22. The molecule has 0 amide bonds. The van der Waals surface area contributed by atoms with Gasteiger partial charge in [0.15, 0.2) is 5.08 Å². The zero-order valence-corrected chi connectivity index (χ0v) is 10.00. The van der Waals surface area contributed by atoms with Crippen LogP contribution in [0.25, 0.3) is 0 Å². The molecule has 1 rings (SSSR count). The van der Waals surface area contributed by atoms with Gasteiger partial charge in [-0.2, -0.15) is 5.10 Å². The van der Waals surface area contributed by atoms with Crippen LogP contribution in [0.5, 0.6) is 0 Å². The van der Waals surface area contributed by atoms with E-state index in [1.165, 1.54) is 12.8 Å². The van der Waals surface area contributed by atoms with Gasteiger partial charge >= 0.3 is 0 Å². The van der Waals surface area contributed by atoms with Crippen LogP contribution in [0, 0.1) is 0 Å². The quantitative estimate of drug-likeness (QED) is 0.549. The molecule has 0 spiro atoms. The number of rotatable bonds is 5. The van der Waals surface area contributed by atoms with Crippen molar-refractivity contribution in [2.24, 2.45) is 5.10 Å². The molecule has 0 bridgehead atoms. The summed E-state index contributed by atoms with van der Waals surface area (Å²) < 4.78 is 0. The first-order chi connectivity index (χ1) is 6.29. The van der Waals surface area contributed by atoms with Crippen LogP contribution in [0.15, 0.2) is 5.10 Å². The van der Waals surface area contributed by atoms with Crippen LogP contribution in [0.1, 0.15) is 33.1 Å². The first-order valence-corrected chi connectivity index (χ1v) is 5.91. The topological polar surface area (TPSA) is 18.8 Å². The lowest BCUT2D eigenvalue weighted by atomic mass is 10.3. The third-order valence-corrected chi connectivity index (χ3v) is 3.09. The predicted octanol–water partition coefficient (Wildman–Crippen LogP) is 2.44. The van der Waals surface area contributed by atoms with Gasteiger partial charge in [-0.3, -0.25) is 5.01 Å². The zero-order valence-electron chi connectivity index (χ0n) is 8.41. The van der Waals surface area contributed by atoms with E-state index in [-0.39, 0.29) is 5.08 Å². The lowest BCUT2D eigenvalue weighted by Crippen LogP contribution is -2.35. The Balaban J connectivity index is 2.32. The van der Waals surface area contributed by atoms with Crippen LogP contribution in [-0.4, -0.2) is 34.4 Å². The lowest BCUT2D eigenvalue weighted by Gasteiger charge is -2.25. The molecule has 0 radical (unpaired) electrons. The first-order valence-electron chi connectivity index (χ1n) is 5.00. The molecule has 3 nitrogen and oxygen atoms in total. The average molecular weight is 248 g/mol. The molecule has 0 saturated carbocycles. The Morgan fingerprint density at radius 2 is 2.08 bits per heavy atom. The van der Waals surface area contributed by atoms with E-state index in [1.807, 2.05) is 6.34 Å². The Morgan fingerprint density at radius 1 is 1.31 bits per heavy atom. The molecule has 1 atom stereocenters. The van der Waals surface area contributed by atoms with Crippen molar-refractivity contribution in [3.05, 3.63) is 0 Å². The molecule has 0 saturated heterocycles. The molecule has 0 N–H and O–H groups in total. The van der Waals surface area contributed by atoms with Crippen molar-refractivity contribution in [1.82, 2.24) is 9.91 Å². The minimum Gasteiger partial charge on any atom is -0.331 e. The second-order valence-corrected chi connectivity index (χ2v) is 4.12. The molecule has 76 valence electrons. The van der Waals surface area contributed by atoms with Crippen molar-refractivity contribution in [2.45, 2.75) is 38.2 Å². The SMILES string of the molecule is CCCCN1N=CN(CCC)C1Br. The van der Waals surface area contributed by atoms with Crippen molar-refractivity contribution in [3.63, 3.8) is 0 Å². The first kappa shape index (κ1) is 10.8. The summed E-state index contributed by atoms with van der Waals surface area (Å²) in [5.41, 5.74) is 0. The van der Waals surface area contributed by atoms with E-state index in [0.717, 1.165) is 19.5 Å². The molecule has 0 aliphatic carbocycles. The highest BCUT2D eigenvalue weighted by Crippen LogP contribution is 2.18. The van der Waals surface area contributed by atoms with Gasteiger partial charge in [0.05, 0.1) is 0 Å². The van der Waals surface area contributed by atoms with E-state index in [1.54, 1.807) is 0 Å². The smallest absolute Gasteiger partial charge is 0.175 e. The number of halogens is 1. The van der Waals surface area contributed by atoms with Crippen LogP contribution in [-0.2, 0) is 0 Å². The summed E-state index contributed by atoms with van der Waals surface area (Å²) in [6.07, 6.45) is 5.52. The third kappa shape index (κ3) is 2.86. The van der Waals surface area contributed by atoms with Crippen LogP contribution in [0.3, 0.4) is 0 Å². The predicted molar refractivity (Wildman–Crippen MR) is 59.8 cm³/mol. The Labute approximate surface area is 88.9 Å². The van der Waals surface area contributed by atoms with Crippen LogP contribution in [0.2, 0.25) is 0 Å².